The molecule has 21 heavy (non-hydrogen) atoms. The quantitative estimate of drug-likeness (QED) is 0.386. The second-order valence-corrected chi connectivity index (χ2v) is 5.40. The monoisotopic (exact) mass is 334 g/mol. The molecule has 0 amide bonds. The van der Waals surface area contributed by atoms with Crippen LogP contribution in [0.2, 0.25) is 5.02 Å². The van der Waals surface area contributed by atoms with Gasteiger partial charge in [-0.05, 0) is 17.7 Å². The Morgan fingerprint density at radius 3 is 2.43 bits per heavy atom. The summed E-state index contributed by atoms with van der Waals surface area (Å²) in [7, 11) is 0. The van der Waals surface area contributed by atoms with Crippen LogP contribution in [0.3, 0.4) is 0 Å². The van der Waals surface area contributed by atoms with Gasteiger partial charge in [-0.1, -0.05) is 23.7 Å². The molecule has 4 nitrogen and oxygen atoms in total. The molecule has 2 rings (SSSR count). The highest BCUT2D eigenvalue weighted by Gasteiger charge is 2.35. The molecule has 2 aromatic rings. The van der Waals surface area contributed by atoms with Gasteiger partial charge in [0.1, 0.15) is 10.8 Å². The summed E-state index contributed by atoms with van der Waals surface area (Å²) in [5, 5.41) is 0.778. The van der Waals surface area contributed by atoms with Crippen LogP contribution < -0.4 is 11.3 Å². The van der Waals surface area contributed by atoms with Gasteiger partial charge in [-0.25, -0.2) is 15.8 Å². The molecule has 0 aliphatic heterocycles. The first-order valence-electron chi connectivity index (χ1n) is 5.68. The molecule has 1 aromatic carbocycles. The number of nitrogen functional groups attached to an aromatic ring is 1. The number of hydrogen-bond donors (Lipinski definition) is 2. The van der Waals surface area contributed by atoms with Crippen LogP contribution in [0.25, 0.3) is 0 Å². The number of hydrogen-bond acceptors (Lipinski definition) is 5. The summed E-state index contributed by atoms with van der Waals surface area (Å²) in [6, 6.07) is 8.37. The van der Waals surface area contributed by atoms with Gasteiger partial charge in [0.2, 0.25) is 5.82 Å². The number of halogens is 4. The first-order chi connectivity index (χ1) is 9.88. The fourth-order valence-corrected chi connectivity index (χ4v) is 2.42. The van der Waals surface area contributed by atoms with E-state index in [9.17, 15) is 13.2 Å². The summed E-state index contributed by atoms with van der Waals surface area (Å²) >= 11 is 6.91. The number of rotatable bonds is 4. The van der Waals surface area contributed by atoms with Gasteiger partial charge >= 0.3 is 6.18 Å². The SMILES string of the molecule is NNc1cc(SCc2ccc(Cl)cc2)nc(C(F)(F)F)n1. The number of anilines is 1. The maximum absolute atomic E-state index is 12.7. The molecule has 1 heterocycles. The average Bonchev–Trinajstić information content (AvgIpc) is 2.45. The van der Waals surface area contributed by atoms with Gasteiger partial charge < -0.3 is 5.43 Å². The molecule has 112 valence electrons. The highest BCUT2D eigenvalue weighted by atomic mass is 35.5. The number of nitrogens with two attached hydrogens (primary N) is 1. The first-order valence-corrected chi connectivity index (χ1v) is 7.05. The molecule has 0 fully saturated rings. The predicted molar refractivity (Wildman–Crippen MR) is 75.9 cm³/mol. The van der Waals surface area contributed by atoms with E-state index in [4.69, 9.17) is 17.4 Å². The van der Waals surface area contributed by atoms with E-state index in [0.29, 0.717) is 10.8 Å². The van der Waals surface area contributed by atoms with Gasteiger partial charge in [-0.2, -0.15) is 13.2 Å². The van der Waals surface area contributed by atoms with E-state index < -0.39 is 12.0 Å². The maximum atomic E-state index is 12.7. The molecule has 0 atom stereocenters. The first kappa shape index (κ1) is 15.9. The van der Waals surface area contributed by atoms with Crippen LogP contribution in [0.15, 0.2) is 35.4 Å². The zero-order valence-corrected chi connectivity index (χ0v) is 12.1. The van der Waals surface area contributed by atoms with Crippen molar-refractivity contribution in [2.24, 2.45) is 5.84 Å². The minimum atomic E-state index is -4.62. The van der Waals surface area contributed by atoms with Crippen molar-refractivity contribution in [3.63, 3.8) is 0 Å². The van der Waals surface area contributed by atoms with E-state index in [1.54, 1.807) is 24.3 Å². The lowest BCUT2D eigenvalue weighted by Crippen LogP contribution is -2.16. The van der Waals surface area contributed by atoms with Gasteiger partial charge in [0.25, 0.3) is 0 Å². The molecule has 0 bridgehead atoms. The van der Waals surface area contributed by atoms with Gasteiger partial charge in [0.05, 0.1) is 0 Å². The van der Waals surface area contributed by atoms with E-state index in [-0.39, 0.29) is 10.8 Å². The molecule has 0 aliphatic rings. The highest BCUT2D eigenvalue weighted by molar-refractivity contribution is 7.98. The molecule has 0 aliphatic carbocycles. The van der Waals surface area contributed by atoms with Gasteiger partial charge in [0, 0.05) is 16.8 Å². The zero-order valence-electron chi connectivity index (χ0n) is 10.5. The fourth-order valence-electron chi connectivity index (χ4n) is 1.44. The molecule has 9 heteroatoms. The fraction of sp³-hybridized carbons (Fsp3) is 0.167. The Kier molecular flexibility index (Phi) is 4.92. The molecule has 0 spiro atoms. The predicted octanol–water partition coefficient (Wildman–Crippen LogP) is 3.73. The lowest BCUT2D eigenvalue weighted by Gasteiger charge is -2.09. The van der Waals surface area contributed by atoms with Crippen LogP contribution in [-0.4, -0.2) is 9.97 Å². The highest BCUT2D eigenvalue weighted by Crippen LogP contribution is 2.30. The van der Waals surface area contributed by atoms with Gasteiger partial charge in [-0.3, -0.25) is 0 Å². The second kappa shape index (κ2) is 6.50. The van der Waals surface area contributed by atoms with Crippen molar-refractivity contribution in [3.05, 3.63) is 46.7 Å². The smallest absolute Gasteiger partial charge is 0.308 e. The van der Waals surface area contributed by atoms with Gasteiger partial charge in [0.15, 0.2) is 0 Å². The van der Waals surface area contributed by atoms with E-state index >= 15 is 0 Å². The summed E-state index contributed by atoms with van der Waals surface area (Å²) in [6.07, 6.45) is -4.62. The molecular weight excluding hydrogens is 325 g/mol. The molecule has 0 saturated carbocycles. The van der Waals surface area contributed by atoms with Crippen molar-refractivity contribution in [2.45, 2.75) is 17.0 Å². The zero-order chi connectivity index (χ0) is 15.5. The normalized spacial score (nSPS) is 11.5. The lowest BCUT2D eigenvalue weighted by molar-refractivity contribution is -0.145. The van der Waals surface area contributed by atoms with Crippen molar-refractivity contribution in [2.75, 3.05) is 5.43 Å². The number of hydrazine groups is 1. The van der Waals surface area contributed by atoms with E-state index in [2.05, 4.69) is 15.4 Å². The Morgan fingerprint density at radius 2 is 1.86 bits per heavy atom. The van der Waals surface area contributed by atoms with Gasteiger partial charge in [-0.15, -0.1) is 11.8 Å². The Hall–Kier alpha value is -1.51. The maximum Gasteiger partial charge on any atom is 0.451 e. The number of nitrogens with one attached hydrogen (secondary N) is 1. The molecule has 1 aromatic heterocycles. The van der Waals surface area contributed by atoms with Crippen molar-refractivity contribution >= 4 is 29.2 Å². The average molecular weight is 335 g/mol. The number of benzene rings is 1. The van der Waals surface area contributed by atoms with E-state index in [1.165, 1.54) is 6.07 Å². The number of alkyl halides is 3. The topological polar surface area (TPSA) is 63.8 Å². The third kappa shape index (κ3) is 4.48. The second-order valence-electron chi connectivity index (χ2n) is 3.97. The third-order valence-electron chi connectivity index (χ3n) is 2.40. The van der Waals surface area contributed by atoms with Crippen molar-refractivity contribution in [1.82, 2.24) is 9.97 Å². The van der Waals surface area contributed by atoms with Crippen molar-refractivity contribution in [3.8, 4) is 0 Å². The van der Waals surface area contributed by atoms with Crippen LogP contribution in [0, 0.1) is 0 Å². The summed E-state index contributed by atoms with van der Waals surface area (Å²) < 4.78 is 38.0. The molecule has 3 N–H and O–H groups in total. The number of aromatic nitrogens is 2. The number of nitrogens with zero attached hydrogens (tertiary/aromatic N) is 2. The minimum absolute atomic E-state index is 0.0871. The van der Waals surface area contributed by atoms with Crippen molar-refractivity contribution < 1.29 is 13.2 Å². The summed E-state index contributed by atoms with van der Waals surface area (Å²) in [5.41, 5.74) is 3.02. The Bertz CT molecular complexity index is 619. The van der Waals surface area contributed by atoms with Crippen molar-refractivity contribution in [1.29, 1.82) is 0 Å². The molecule has 0 unspecified atom stereocenters. The van der Waals surface area contributed by atoms with Crippen LogP contribution in [0.5, 0.6) is 0 Å². The summed E-state index contributed by atoms with van der Waals surface area (Å²) in [4.78, 5) is 6.78. The Morgan fingerprint density at radius 1 is 1.19 bits per heavy atom. The number of thioether (sulfide) groups is 1. The van der Waals surface area contributed by atoms with Crippen LogP contribution in [0.4, 0.5) is 19.0 Å². The molecule has 0 saturated heterocycles. The summed E-state index contributed by atoms with van der Waals surface area (Å²) in [6.45, 7) is 0. The minimum Gasteiger partial charge on any atom is -0.308 e. The van der Waals surface area contributed by atoms with E-state index in [0.717, 1.165) is 17.3 Å². The van der Waals surface area contributed by atoms with Crippen LogP contribution in [-0.2, 0) is 11.9 Å². The summed E-state index contributed by atoms with van der Waals surface area (Å²) in [5.74, 6) is 4.26. The Balaban J connectivity index is 2.17. The largest absolute Gasteiger partial charge is 0.451 e. The van der Waals surface area contributed by atoms with Crippen LogP contribution in [0.1, 0.15) is 11.4 Å². The molecular formula is C12H10ClF3N4S. The van der Waals surface area contributed by atoms with Crippen LogP contribution >= 0.6 is 23.4 Å². The van der Waals surface area contributed by atoms with E-state index in [1.807, 2.05) is 0 Å². The Labute approximate surface area is 127 Å². The standard InChI is InChI=1S/C12H10ClF3N4S/c13-8-3-1-7(2-4-8)6-21-10-5-9(20-17)18-11(19-10)12(14,15)16/h1-5H,6,17H2,(H,18,19,20). The lowest BCUT2D eigenvalue weighted by atomic mass is 10.2. The third-order valence-corrected chi connectivity index (χ3v) is 3.64. The molecule has 0 radical (unpaired) electrons.